The average molecular weight is 818 g/mol. The van der Waals surface area contributed by atoms with Crippen molar-refractivity contribution in [1.82, 2.24) is 28.9 Å². The van der Waals surface area contributed by atoms with Gasteiger partial charge in [0.2, 0.25) is 5.91 Å². The number of piperidine rings is 1. The molecule has 300 valence electrons. The molecule has 1 atom stereocenters. The number of hydrogen-bond acceptors (Lipinski definition) is 7. The number of amides is 1. The summed E-state index contributed by atoms with van der Waals surface area (Å²) < 4.78 is 9.09. The van der Waals surface area contributed by atoms with Gasteiger partial charge in [0.05, 0.1) is 11.7 Å². The fraction of sp³-hybridized carbons (Fsp3) is 0.170. The second-order valence-corrected chi connectivity index (χ2v) is 12.6. The minimum absolute atomic E-state index is 0.0588. The van der Waals surface area contributed by atoms with E-state index in [-0.39, 0.29) is 23.5 Å². The summed E-state index contributed by atoms with van der Waals surface area (Å²) in [5.74, 6) is 58.4. The molecule has 3 heterocycles. The maximum absolute atomic E-state index is 13.9. The number of fused-ring (bicyclic) bond motifs is 1. The quantitative estimate of drug-likeness (QED) is 0.223. The summed E-state index contributed by atoms with van der Waals surface area (Å²) in [4.78, 5) is 39.1. The van der Waals surface area contributed by atoms with E-state index in [9.17, 15) is 9.59 Å². The molecule has 10 nitrogen and oxygen atoms in total. The number of nitrogen functional groups attached to an aromatic ring is 1. The van der Waals surface area contributed by atoms with Gasteiger partial charge in [0.1, 0.15) is 23.3 Å². The molecule has 2 aromatic carbocycles. The van der Waals surface area contributed by atoms with Crippen molar-refractivity contribution >= 4 is 22.9 Å². The Kier molecular flexibility index (Phi) is 19.2. The number of para-hydroxylation sites is 1. The third kappa shape index (κ3) is 15.5. The molecule has 2 N–H and O–H groups in total. The molecular weight excluding hydrogens is 783 g/mol. The predicted molar refractivity (Wildman–Crippen MR) is 247 cm³/mol. The molecule has 5 rings (SSSR count). The summed E-state index contributed by atoms with van der Waals surface area (Å²) in [6.07, 6.45) is 11.3. The van der Waals surface area contributed by atoms with Crippen molar-refractivity contribution in [2.45, 2.75) is 25.8 Å². The number of terminal acetylenes is 1. The number of rotatable bonds is 7. The summed E-state index contributed by atoms with van der Waals surface area (Å²) in [7, 11) is 3.90. The first-order chi connectivity index (χ1) is 30.8. The second kappa shape index (κ2) is 26.3. The number of anilines is 1. The zero-order valence-corrected chi connectivity index (χ0v) is 34.6. The number of benzene rings is 2. The lowest BCUT2D eigenvalue weighted by Gasteiger charge is -2.32. The van der Waals surface area contributed by atoms with Gasteiger partial charge >= 0.3 is 5.69 Å². The monoisotopic (exact) mass is 817 g/mol. The lowest BCUT2D eigenvalue weighted by Crippen LogP contribution is -2.42. The summed E-state index contributed by atoms with van der Waals surface area (Å²) >= 11 is 0. The van der Waals surface area contributed by atoms with Crippen LogP contribution in [0.3, 0.4) is 0 Å². The molecule has 0 bridgehead atoms. The number of aromatic nitrogens is 4. The lowest BCUT2D eigenvalue weighted by atomic mass is 10.1. The number of likely N-dealkylation sites (N-methyl/N-ethyl adjacent to an activating group) is 1. The summed E-state index contributed by atoms with van der Waals surface area (Å²) in [6, 6.07) is 16.5. The Balaban J connectivity index is 0.000000305. The van der Waals surface area contributed by atoms with E-state index in [1.165, 1.54) is 10.9 Å². The van der Waals surface area contributed by atoms with Crippen molar-refractivity contribution in [3.8, 4) is 160 Å². The normalized spacial score (nSPS) is 11.2. The zero-order valence-electron chi connectivity index (χ0n) is 34.6. The van der Waals surface area contributed by atoms with E-state index < -0.39 is 0 Å². The van der Waals surface area contributed by atoms with Gasteiger partial charge in [-0.25, -0.2) is 14.8 Å². The average Bonchev–Trinajstić information content (AvgIpc) is 3.60. The van der Waals surface area contributed by atoms with E-state index in [1.807, 2.05) is 67.5 Å². The first-order valence-corrected chi connectivity index (χ1v) is 18.9. The number of imidazole rings is 1. The summed E-state index contributed by atoms with van der Waals surface area (Å²) in [5.41, 5.74) is 7.52. The first kappa shape index (κ1) is 46.0. The standard InChI is InChI=1S/C28H31N7O3.C25H4/c1-32(2)16-7-11-24(36)33-17-6-8-21(18-33)35-27-25(26(29)30-19-31-27)34(28(35)37)20-12-14-23(15-13-20)38-22-9-4-3-5-10-22;1-3-5-7-9-11-13-15-17-19-21-23-25-24-22-20-18-16-14-12-10-8-6-4-2/h3-5,7,9-15,19,21H,6,8,16-18H2,1-2H3,(H2,29,30,31);1H,2H3/b11-7+;/t21-;/m1./s1. The Morgan fingerprint density at radius 2 is 1.30 bits per heavy atom. The number of likely N-dealkylation sites (tertiary alicyclic amines) is 1. The van der Waals surface area contributed by atoms with E-state index in [0.29, 0.717) is 42.2 Å². The molecular formula is C53H35N7O3. The minimum Gasteiger partial charge on any atom is -0.457 e. The van der Waals surface area contributed by atoms with Gasteiger partial charge < -0.3 is 20.3 Å². The van der Waals surface area contributed by atoms with Crippen molar-refractivity contribution in [1.29, 1.82) is 0 Å². The fourth-order valence-corrected chi connectivity index (χ4v) is 5.45. The second-order valence-electron chi connectivity index (χ2n) is 12.6. The Labute approximate surface area is 368 Å². The molecule has 1 amide bonds. The number of nitrogens with two attached hydrogens (primary N) is 1. The molecule has 0 saturated carbocycles. The number of carbonyl (C=O) groups is 1. The molecule has 1 fully saturated rings. The fourth-order valence-electron chi connectivity index (χ4n) is 5.45. The topological polar surface area (TPSA) is 112 Å². The van der Waals surface area contributed by atoms with Crippen LogP contribution in [-0.4, -0.2) is 68.5 Å². The molecule has 2 aromatic heterocycles. The van der Waals surface area contributed by atoms with E-state index in [0.717, 1.165) is 18.6 Å². The van der Waals surface area contributed by atoms with Crippen molar-refractivity contribution in [2.75, 3.05) is 39.5 Å². The van der Waals surface area contributed by atoms with Gasteiger partial charge in [-0.15, -0.1) is 6.42 Å². The lowest BCUT2D eigenvalue weighted by molar-refractivity contribution is -0.127. The molecule has 10 heteroatoms. The highest BCUT2D eigenvalue weighted by Gasteiger charge is 2.29. The Bertz CT molecular complexity index is 3200. The van der Waals surface area contributed by atoms with Gasteiger partial charge in [0, 0.05) is 61.2 Å². The highest BCUT2D eigenvalue weighted by molar-refractivity contribution is 5.88. The van der Waals surface area contributed by atoms with Gasteiger partial charge in [-0.05, 0) is 165 Å². The van der Waals surface area contributed by atoms with E-state index in [4.69, 9.17) is 16.9 Å². The Morgan fingerprint density at radius 1 is 0.778 bits per heavy atom. The SMILES string of the molecule is C#CC#CC#CC#CC#CC#CC#CC#CC#CC#CC#CC#CC.CN(C)C/C=C/C(=O)N1CCC[C@@H](n2c(=O)n(-c3ccc(Oc4ccccc4)cc3)c3c(N)ncnc32)C1. The van der Waals surface area contributed by atoms with Crippen LogP contribution in [0.4, 0.5) is 5.82 Å². The molecule has 1 aliphatic rings. The smallest absolute Gasteiger partial charge is 0.335 e. The van der Waals surface area contributed by atoms with E-state index >= 15 is 0 Å². The van der Waals surface area contributed by atoms with Crippen LogP contribution in [0.5, 0.6) is 11.5 Å². The van der Waals surface area contributed by atoms with E-state index in [2.05, 4.69) is 146 Å². The Morgan fingerprint density at radius 3 is 1.83 bits per heavy atom. The third-order valence-corrected chi connectivity index (χ3v) is 8.01. The van der Waals surface area contributed by atoms with Crippen molar-refractivity contribution < 1.29 is 9.53 Å². The van der Waals surface area contributed by atoms with E-state index in [1.54, 1.807) is 34.6 Å². The van der Waals surface area contributed by atoms with Crippen LogP contribution < -0.4 is 16.2 Å². The molecule has 1 aliphatic heterocycles. The van der Waals surface area contributed by atoms with Gasteiger partial charge in [0.25, 0.3) is 0 Å². The van der Waals surface area contributed by atoms with Crippen molar-refractivity contribution in [2.24, 2.45) is 0 Å². The van der Waals surface area contributed by atoms with Crippen molar-refractivity contribution in [3.05, 3.63) is 83.6 Å². The van der Waals surface area contributed by atoms with Crippen LogP contribution in [-0.2, 0) is 4.79 Å². The molecule has 0 aliphatic carbocycles. The van der Waals surface area contributed by atoms with Gasteiger partial charge in [-0.2, -0.15) is 0 Å². The molecule has 4 aromatic rings. The largest absolute Gasteiger partial charge is 0.457 e. The maximum Gasteiger partial charge on any atom is 0.335 e. The maximum atomic E-state index is 13.9. The molecule has 0 unspecified atom stereocenters. The number of ether oxygens (including phenoxy) is 1. The summed E-state index contributed by atoms with van der Waals surface area (Å²) in [6.45, 7) is 3.44. The molecule has 0 spiro atoms. The summed E-state index contributed by atoms with van der Waals surface area (Å²) in [5, 5.41) is 0. The van der Waals surface area contributed by atoms with Crippen LogP contribution in [0.1, 0.15) is 25.8 Å². The van der Waals surface area contributed by atoms with Crippen molar-refractivity contribution in [3.63, 3.8) is 0 Å². The highest BCUT2D eigenvalue weighted by Crippen LogP contribution is 2.28. The predicted octanol–water partition coefficient (Wildman–Crippen LogP) is 3.91. The minimum atomic E-state index is -0.272. The van der Waals surface area contributed by atoms with Gasteiger partial charge in [-0.3, -0.25) is 13.9 Å². The Hall–Kier alpha value is -9.72. The van der Waals surface area contributed by atoms with Crippen LogP contribution in [0.2, 0.25) is 0 Å². The number of nitrogens with zero attached hydrogens (tertiary/aromatic N) is 6. The molecule has 63 heavy (non-hydrogen) atoms. The van der Waals surface area contributed by atoms with Crippen LogP contribution in [0, 0.1) is 143 Å². The molecule has 0 radical (unpaired) electrons. The number of carbonyl (C=O) groups excluding carboxylic acids is 1. The van der Waals surface area contributed by atoms with Crippen LogP contribution in [0.15, 0.2) is 77.9 Å². The molecule has 1 saturated heterocycles. The third-order valence-electron chi connectivity index (χ3n) is 8.01. The highest BCUT2D eigenvalue weighted by atomic mass is 16.5. The van der Waals surface area contributed by atoms with Crippen LogP contribution in [0.25, 0.3) is 16.9 Å². The van der Waals surface area contributed by atoms with Crippen LogP contribution >= 0.6 is 0 Å². The first-order valence-electron chi connectivity index (χ1n) is 18.9. The van der Waals surface area contributed by atoms with Gasteiger partial charge in [-0.1, -0.05) is 30.2 Å². The van der Waals surface area contributed by atoms with Gasteiger partial charge in [0.15, 0.2) is 11.5 Å². The number of hydrogen-bond donors (Lipinski definition) is 1. The zero-order chi connectivity index (χ0) is 44.9.